The number of carbonyl (C=O) groups is 2. The highest BCUT2D eigenvalue weighted by Gasteiger charge is 2.00. The molecule has 4 nitrogen and oxygen atoms in total. The predicted molar refractivity (Wildman–Crippen MR) is 51.0 cm³/mol. The molecule has 0 saturated heterocycles. The van der Waals surface area contributed by atoms with Gasteiger partial charge in [0.15, 0.2) is 0 Å². The minimum atomic E-state index is -0.0145. The average molecular weight is 186 g/mol. The van der Waals surface area contributed by atoms with E-state index in [4.69, 9.17) is 0 Å². The summed E-state index contributed by atoms with van der Waals surface area (Å²) in [5.41, 5.74) is 0. The Hall–Kier alpha value is -1.06. The zero-order chi connectivity index (χ0) is 10.1. The smallest absolute Gasteiger partial charge is 0.221 e. The van der Waals surface area contributed by atoms with Gasteiger partial charge in [0.25, 0.3) is 0 Å². The van der Waals surface area contributed by atoms with Crippen molar-refractivity contribution in [1.29, 1.82) is 0 Å². The standard InChI is InChI=1S/C9H18N2O2/c1-3-5-8(12)10-7-11-9(13)6-4-2/h3-7H2,1-2H3,(H,10,12)(H,11,13). The lowest BCUT2D eigenvalue weighted by atomic mass is 10.3. The molecular formula is C9H18N2O2. The maximum absolute atomic E-state index is 10.9. The fraction of sp³-hybridized carbons (Fsp3) is 0.778. The Morgan fingerprint density at radius 1 is 0.923 bits per heavy atom. The van der Waals surface area contributed by atoms with Gasteiger partial charge in [-0.1, -0.05) is 13.8 Å². The maximum Gasteiger partial charge on any atom is 0.221 e. The highest BCUT2D eigenvalue weighted by molar-refractivity contribution is 5.78. The number of hydrogen-bond donors (Lipinski definition) is 2. The molecule has 0 fully saturated rings. The molecule has 0 aliphatic rings. The minimum absolute atomic E-state index is 0.0145. The van der Waals surface area contributed by atoms with E-state index >= 15 is 0 Å². The van der Waals surface area contributed by atoms with Gasteiger partial charge in [-0.3, -0.25) is 9.59 Å². The van der Waals surface area contributed by atoms with Crippen molar-refractivity contribution in [1.82, 2.24) is 10.6 Å². The lowest BCUT2D eigenvalue weighted by molar-refractivity contribution is -0.122. The lowest BCUT2D eigenvalue weighted by Gasteiger charge is -2.05. The van der Waals surface area contributed by atoms with Crippen molar-refractivity contribution >= 4 is 11.8 Å². The van der Waals surface area contributed by atoms with Crippen molar-refractivity contribution in [2.75, 3.05) is 6.67 Å². The van der Waals surface area contributed by atoms with Crippen LogP contribution in [0.15, 0.2) is 0 Å². The van der Waals surface area contributed by atoms with Crippen LogP contribution in [0.2, 0.25) is 0 Å². The van der Waals surface area contributed by atoms with Gasteiger partial charge in [-0.2, -0.15) is 0 Å². The minimum Gasteiger partial charge on any atom is -0.339 e. The van der Waals surface area contributed by atoms with E-state index in [0.717, 1.165) is 12.8 Å². The van der Waals surface area contributed by atoms with E-state index in [1.165, 1.54) is 0 Å². The summed E-state index contributed by atoms with van der Waals surface area (Å²) in [5.74, 6) is -0.0291. The molecule has 0 bridgehead atoms. The fourth-order valence-electron chi connectivity index (χ4n) is 0.872. The Bertz CT molecular complexity index is 151. The Kier molecular flexibility index (Phi) is 6.96. The Balaban J connectivity index is 3.33. The molecule has 0 atom stereocenters. The zero-order valence-corrected chi connectivity index (χ0v) is 8.35. The van der Waals surface area contributed by atoms with E-state index in [0.29, 0.717) is 12.8 Å². The first kappa shape index (κ1) is 11.9. The molecule has 0 aromatic heterocycles. The van der Waals surface area contributed by atoms with Crippen LogP contribution in [0, 0.1) is 0 Å². The number of amides is 2. The van der Waals surface area contributed by atoms with Crippen LogP contribution in [0.25, 0.3) is 0 Å². The van der Waals surface area contributed by atoms with E-state index < -0.39 is 0 Å². The third-order valence-electron chi connectivity index (χ3n) is 1.53. The van der Waals surface area contributed by atoms with Crippen molar-refractivity contribution in [3.63, 3.8) is 0 Å². The monoisotopic (exact) mass is 186 g/mol. The number of nitrogens with one attached hydrogen (secondary N) is 2. The number of hydrogen-bond acceptors (Lipinski definition) is 2. The molecular weight excluding hydrogens is 168 g/mol. The normalized spacial score (nSPS) is 9.38. The van der Waals surface area contributed by atoms with E-state index in [1.807, 2.05) is 13.8 Å². The van der Waals surface area contributed by atoms with Crippen molar-refractivity contribution in [3.05, 3.63) is 0 Å². The van der Waals surface area contributed by atoms with Gasteiger partial charge in [0, 0.05) is 12.8 Å². The molecule has 0 aromatic carbocycles. The van der Waals surface area contributed by atoms with Gasteiger partial charge in [0.2, 0.25) is 11.8 Å². The van der Waals surface area contributed by atoms with Crippen molar-refractivity contribution in [3.8, 4) is 0 Å². The van der Waals surface area contributed by atoms with Gasteiger partial charge in [-0.25, -0.2) is 0 Å². The Labute approximate surface area is 79.1 Å². The molecule has 2 amide bonds. The Morgan fingerprint density at radius 2 is 1.31 bits per heavy atom. The summed E-state index contributed by atoms with van der Waals surface area (Å²) >= 11 is 0. The third-order valence-corrected chi connectivity index (χ3v) is 1.53. The van der Waals surface area contributed by atoms with E-state index in [-0.39, 0.29) is 18.5 Å². The topological polar surface area (TPSA) is 58.2 Å². The van der Waals surface area contributed by atoms with Crippen LogP contribution in [-0.2, 0) is 9.59 Å². The molecule has 13 heavy (non-hydrogen) atoms. The van der Waals surface area contributed by atoms with Crippen LogP contribution in [0.1, 0.15) is 39.5 Å². The summed E-state index contributed by atoms with van der Waals surface area (Å²) < 4.78 is 0. The molecule has 0 heterocycles. The fourth-order valence-corrected chi connectivity index (χ4v) is 0.872. The molecule has 0 aromatic rings. The molecule has 0 aliphatic carbocycles. The Morgan fingerprint density at radius 3 is 1.62 bits per heavy atom. The lowest BCUT2D eigenvalue weighted by Crippen LogP contribution is -2.36. The predicted octanol–water partition coefficient (Wildman–Crippen LogP) is 0.776. The molecule has 76 valence electrons. The van der Waals surface area contributed by atoms with Crippen molar-refractivity contribution in [2.24, 2.45) is 0 Å². The maximum atomic E-state index is 10.9. The molecule has 0 aliphatic heterocycles. The number of rotatable bonds is 6. The molecule has 2 N–H and O–H groups in total. The second kappa shape index (κ2) is 7.58. The summed E-state index contributed by atoms with van der Waals surface area (Å²) in [7, 11) is 0. The first-order valence-electron chi connectivity index (χ1n) is 4.74. The number of carbonyl (C=O) groups excluding carboxylic acids is 2. The van der Waals surface area contributed by atoms with Gasteiger partial charge in [-0.05, 0) is 12.8 Å². The molecule has 0 radical (unpaired) electrons. The third kappa shape index (κ3) is 7.31. The summed E-state index contributed by atoms with van der Waals surface area (Å²) in [4.78, 5) is 21.8. The van der Waals surface area contributed by atoms with Crippen LogP contribution in [0.5, 0.6) is 0 Å². The summed E-state index contributed by atoms with van der Waals surface area (Å²) in [6, 6.07) is 0. The van der Waals surface area contributed by atoms with Crippen LogP contribution in [-0.4, -0.2) is 18.5 Å². The van der Waals surface area contributed by atoms with E-state index in [1.54, 1.807) is 0 Å². The summed E-state index contributed by atoms with van der Waals surface area (Å²) in [6.07, 6.45) is 2.69. The molecule has 4 heteroatoms. The van der Waals surface area contributed by atoms with Gasteiger partial charge in [0.1, 0.15) is 0 Å². The molecule has 0 saturated carbocycles. The van der Waals surface area contributed by atoms with Crippen molar-refractivity contribution in [2.45, 2.75) is 39.5 Å². The quantitative estimate of drug-likeness (QED) is 0.602. The van der Waals surface area contributed by atoms with Gasteiger partial charge < -0.3 is 10.6 Å². The van der Waals surface area contributed by atoms with Gasteiger partial charge in [0.05, 0.1) is 6.67 Å². The van der Waals surface area contributed by atoms with Crippen LogP contribution in [0.3, 0.4) is 0 Å². The van der Waals surface area contributed by atoms with Gasteiger partial charge >= 0.3 is 0 Å². The summed E-state index contributed by atoms with van der Waals surface area (Å²) in [5, 5.41) is 5.20. The molecule has 0 rings (SSSR count). The van der Waals surface area contributed by atoms with Crippen LogP contribution < -0.4 is 10.6 Å². The zero-order valence-electron chi connectivity index (χ0n) is 8.35. The average Bonchev–Trinajstić information content (AvgIpc) is 2.05. The van der Waals surface area contributed by atoms with E-state index in [9.17, 15) is 9.59 Å². The van der Waals surface area contributed by atoms with Crippen LogP contribution in [0.4, 0.5) is 0 Å². The second-order valence-corrected chi connectivity index (χ2v) is 2.88. The van der Waals surface area contributed by atoms with E-state index in [2.05, 4.69) is 10.6 Å². The second-order valence-electron chi connectivity index (χ2n) is 2.88. The SMILES string of the molecule is CCCC(=O)NCNC(=O)CCC. The van der Waals surface area contributed by atoms with Crippen LogP contribution >= 0.6 is 0 Å². The van der Waals surface area contributed by atoms with Crippen molar-refractivity contribution < 1.29 is 9.59 Å². The van der Waals surface area contributed by atoms with Gasteiger partial charge in [-0.15, -0.1) is 0 Å². The molecule has 0 spiro atoms. The first-order chi connectivity index (χ1) is 6.20. The largest absolute Gasteiger partial charge is 0.339 e. The molecule has 0 unspecified atom stereocenters. The highest BCUT2D eigenvalue weighted by Crippen LogP contribution is 1.85. The first-order valence-corrected chi connectivity index (χ1v) is 4.74. The summed E-state index contributed by atoms with van der Waals surface area (Å²) in [6.45, 7) is 4.13. The highest BCUT2D eigenvalue weighted by atomic mass is 16.2.